The van der Waals surface area contributed by atoms with Crippen molar-refractivity contribution < 1.29 is 14.1 Å². The molecule has 0 aliphatic carbocycles. The molecular formula is C16H15BrO3S. The van der Waals surface area contributed by atoms with Crippen LogP contribution in [0.3, 0.4) is 0 Å². The van der Waals surface area contributed by atoms with Crippen LogP contribution < -0.4 is 0 Å². The van der Waals surface area contributed by atoms with Crippen LogP contribution in [0.4, 0.5) is 0 Å². The number of carboxylic acids is 1. The molecule has 0 bridgehead atoms. The fourth-order valence-corrected chi connectivity index (χ4v) is 3.97. The van der Waals surface area contributed by atoms with Gasteiger partial charge in [0.15, 0.2) is 0 Å². The normalized spacial score (nSPS) is 12.1. The SMILES string of the molecule is Cc1cccc(CS(=O)Cc2ccc(C(=O)O)cc2Br)c1. The third kappa shape index (κ3) is 4.51. The van der Waals surface area contributed by atoms with Gasteiger partial charge in [-0.3, -0.25) is 4.21 Å². The molecule has 3 nitrogen and oxygen atoms in total. The van der Waals surface area contributed by atoms with Gasteiger partial charge in [-0.1, -0.05) is 51.8 Å². The van der Waals surface area contributed by atoms with Crippen molar-refractivity contribution in [1.82, 2.24) is 0 Å². The van der Waals surface area contributed by atoms with Gasteiger partial charge in [-0.05, 0) is 30.2 Å². The van der Waals surface area contributed by atoms with Crippen molar-refractivity contribution in [1.29, 1.82) is 0 Å². The van der Waals surface area contributed by atoms with E-state index in [1.54, 1.807) is 12.1 Å². The molecule has 0 spiro atoms. The van der Waals surface area contributed by atoms with Crippen LogP contribution in [0.15, 0.2) is 46.9 Å². The second-order valence-electron chi connectivity index (χ2n) is 4.83. The number of carboxylic acid groups (broad SMARTS) is 1. The summed E-state index contributed by atoms with van der Waals surface area (Å²) < 4.78 is 12.9. The number of hydrogen-bond acceptors (Lipinski definition) is 2. The maximum absolute atomic E-state index is 12.2. The Morgan fingerprint density at radius 1 is 1.19 bits per heavy atom. The monoisotopic (exact) mass is 366 g/mol. The minimum Gasteiger partial charge on any atom is -0.478 e. The van der Waals surface area contributed by atoms with Crippen LogP contribution >= 0.6 is 15.9 Å². The molecule has 1 atom stereocenters. The molecule has 1 N–H and O–H groups in total. The van der Waals surface area contributed by atoms with Gasteiger partial charge in [0.05, 0.1) is 5.56 Å². The Bertz CT molecular complexity index is 698. The van der Waals surface area contributed by atoms with Gasteiger partial charge in [-0.2, -0.15) is 0 Å². The first-order valence-corrected chi connectivity index (χ1v) is 8.66. The lowest BCUT2D eigenvalue weighted by atomic mass is 10.1. The van der Waals surface area contributed by atoms with Crippen LogP contribution in [0.2, 0.25) is 0 Å². The summed E-state index contributed by atoms with van der Waals surface area (Å²) in [4.78, 5) is 10.9. The van der Waals surface area contributed by atoms with Crippen LogP contribution in [-0.2, 0) is 22.3 Å². The van der Waals surface area contributed by atoms with Crippen LogP contribution in [-0.4, -0.2) is 15.3 Å². The lowest BCUT2D eigenvalue weighted by molar-refractivity contribution is 0.0697. The predicted octanol–water partition coefficient (Wildman–Crippen LogP) is 3.90. The molecule has 0 saturated heterocycles. The lowest BCUT2D eigenvalue weighted by Gasteiger charge is -2.07. The summed E-state index contributed by atoms with van der Waals surface area (Å²) in [5.41, 5.74) is 3.27. The van der Waals surface area contributed by atoms with Gasteiger partial charge in [0, 0.05) is 26.8 Å². The quantitative estimate of drug-likeness (QED) is 0.872. The van der Waals surface area contributed by atoms with E-state index >= 15 is 0 Å². The molecule has 0 radical (unpaired) electrons. The highest BCUT2D eigenvalue weighted by Crippen LogP contribution is 2.21. The number of halogens is 1. The molecule has 0 aliphatic rings. The topological polar surface area (TPSA) is 54.4 Å². The molecule has 0 aliphatic heterocycles. The second-order valence-corrected chi connectivity index (χ2v) is 7.14. The molecular weight excluding hydrogens is 352 g/mol. The van der Waals surface area contributed by atoms with E-state index in [2.05, 4.69) is 15.9 Å². The van der Waals surface area contributed by atoms with Crippen LogP contribution in [0, 0.1) is 6.92 Å². The molecule has 2 aromatic carbocycles. The number of aromatic carboxylic acids is 1. The van der Waals surface area contributed by atoms with Crippen LogP contribution in [0.25, 0.3) is 0 Å². The summed E-state index contributed by atoms with van der Waals surface area (Å²) in [6, 6.07) is 12.7. The number of carbonyl (C=O) groups is 1. The van der Waals surface area contributed by atoms with E-state index in [9.17, 15) is 9.00 Å². The van der Waals surface area contributed by atoms with Gasteiger partial charge >= 0.3 is 5.97 Å². The number of aryl methyl sites for hydroxylation is 1. The van der Waals surface area contributed by atoms with Gasteiger partial charge in [0.1, 0.15) is 0 Å². The van der Waals surface area contributed by atoms with E-state index in [1.807, 2.05) is 31.2 Å². The Morgan fingerprint density at radius 3 is 2.57 bits per heavy atom. The molecule has 5 heteroatoms. The first-order valence-electron chi connectivity index (χ1n) is 6.38. The molecule has 0 heterocycles. The highest BCUT2D eigenvalue weighted by molar-refractivity contribution is 9.10. The largest absolute Gasteiger partial charge is 0.478 e. The number of rotatable bonds is 5. The molecule has 21 heavy (non-hydrogen) atoms. The van der Waals surface area contributed by atoms with Gasteiger partial charge in [0.25, 0.3) is 0 Å². The van der Waals surface area contributed by atoms with E-state index in [0.717, 1.165) is 16.7 Å². The Hall–Kier alpha value is -1.46. The molecule has 0 aromatic heterocycles. The summed E-state index contributed by atoms with van der Waals surface area (Å²) in [6.07, 6.45) is 0. The standard InChI is InChI=1S/C16H15BrO3S/c1-11-3-2-4-12(7-11)9-21(20)10-14-6-5-13(16(18)19)8-15(14)17/h2-8H,9-10H2,1H3,(H,18,19). The third-order valence-electron chi connectivity index (χ3n) is 3.03. The molecule has 2 aromatic rings. The predicted molar refractivity (Wildman–Crippen MR) is 87.8 cm³/mol. The Morgan fingerprint density at radius 2 is 1.95 bits per heavy atom. The van der Waals surface area contributed by atoms with Crippen molar-refractivity contribution in [2.75, 3.05) is 0 Å². The zero-order valence-corrected chi connectivity index (χ0v) is 13.9. The molecule has 0 amide bonds. The molecule has 0 saturated carbocycles. The van der Waals surface area contributed by atoms with Gasteiger partial charge in [-0.25, -0.2) is 4.79 Å². The zero-order chi connectivity index (χ0) is 15.4. The van der Waals surface area contributed by atoms with E-state index in [-0.39, 0.29) is 5.56 Å². The van der Waals surface area contributed by atoms with E-state index in [1.165, 1.54) is 6.07 Å². The van der Waals surface area contributed by atoms with Crippen molar-refractivity contribution in [2.24, 2.45) is 0 Å². The van der Waals surface area contributed by atoms with Crippen LogP contribution in [0.1, 0.15) is 27.0 Å². The molecule has 0 fully saturated rings. The average molecular weight is 367 g/mol. The summed E-state index contributed by atoms with van der Waals surface area (Å²) in [6.45, 7) is 2.01. The van der Waals surface area contributed by atoms with E-state index in [4.69, 9.17) is 5.11 Å². The third-order valence-corrected chi connectivity index (χ3v) is 5.05. The lowest BCUT2D eigenvalue weighted by Crippen LogP contribution is -2.02. The van der Waals surface area contributed by atoms with Crippen molar-refractivity contribution in [3.63, 3.8) is 0 Å². The summed E-state index contributed by atoms with van der Waals surface area (Å²) in [5, 5.41) is 8.92. The van der Waals surface area contributed by atoms with Crippen molar-refractivity contribution in [2.45, 2.75) is 18.4 Å². The smallest absolute Gasteiger partial charge is 0.335 e. The van der Waals surface area contributed by atoms with E-state index in [0.29, 0.717) is 16.0 Å². The first-order chi connectivity index (χ1) is 9.95. The van der Waals surface area contributed by atoms with Crippen molar-refractivity contribution >= 4 is 32.7 Å². The fourth-order valence-electron chi connectivity index (χ4n) is 2.01. The molecule has 1 unspecified atom stereocenters. The minimum absolute atomic E-state index is 0.218. The highest BCUT2D eigenvalue weighted by atomic mass is 79.9. The molecule has 110 valence electrons. The maximum Gasteiger partial charge on any atom is 0.335 e. The van der Waals surface area contributed by atoms with Crippen LogP contribution in [0.5, 0.6) is 0 Å². The minimum atomic E-state index is -1.04. The average Bonchev–Trinajstić information content (AvgIpc) is 2.40. The summed E-state index contributed by atoms with van der Waals surface area (Å²) in [5.74, 6) is -0.0772. The number of benzene rings is 2. The Kier molecular flexibility index (Phi) is 5.31. The summed E-state index contributed by atoms with van der Waals surface area (Å²) >= 11 is 3.34. The molecule has 2 rings (SSSR count). The van der Waals surface area contributed by atoms with Gasteiger partial charge in [0.2, 0.25) is 0 Å². The van der Waals surface area contributed by atoms with Gasteiger partial charge in [-0.15, -0.1) is 0 Å². The maximum atomic E-state index is 12.2. The zero-order valence-electron chi connectivity index (χ0n) is 11.5. The first kappa shape index (κ1) is 15.9. The van der Waals surface area contributed by atoms with Crippen molar-refractivity contribution in [3.05, 3.63) is 69.2 Å². The number of hydrogen-bond donors (Lipinski definition) is 1. The second kappa shape index (κ2) is 7.00. The fraction of sp³-hybridized carbons (Fsp3) is 0.188. The Balaban J connectivity index is 2.08. The van der Waals surface area contributed by atoms with Crippen molar-refractivity contribution in [3.8, 4) is 0 Å². The highest BCUT2D eigenvalue weighted by Gasteiger charge is 2.10. The summed E-state index contributed by atoms with van der Waals surface area (Å²) in [7, 11) is -1.04. The Labute approximate surface area is 134 Å². The van der Waals surface area contributed by atoms with E-state index < -0.39 is 16.8 Å². The van der Waals surface area contributed by atoms with Gasteiger partial charge < -0.3 is 5.11 Å².